The van der Waals surface area contributed by atoms with Gasteiger partial charge < -0.3 is 14.2 Å². The fourth-order valence-corrected chi connectivity index (χ4v) is 1.21. The Morgan fingerprint density at radius 1 is 1.00 bits per heavy atom. The molecule has 5 heteroatoms. The minimum Gasteiger partial charge on any atom is -0.452 e. The van der Waals surface area contributed by atoms with E-state index in [0.717, 1.165) is 0 Å². The summed E-state index contributed by atoms with van der Waals surface area (Å²) in [6, 6.07) is 0. The first-order valence-corrected chi connectivity index (χ1v) is 5.22. The second-order valence-electron chi connectivity index (χ2n) is 3.99. The second-order valence-corrected chi connectivity index (χ2v) is 3.99. The molecule has 1 heterocycles. The molecule has 5 nitrogen and oxygen atoms in total. The average Bonchev–Trinajstić information content (AvgIpc) is 2.65. The van der Waals surface area contributed by atoms with E-state index < -0.39 is 24.1 Å². The molecular weight excluding hydrogens is 224 g/mol. The van der Waals surface area contributed by atoms with Crippen molar-refractivity contribution in [3.05, 3.63) is 24.3 Å². The fraction of sp³-hybridized carbons (Fsp3) is 0.500. The average molecular weight is 240 g/mol. The smallest absolute Gasteiger partial charge is 0.333 e. The van der Waals surface area contributed by atoms with Crippen LogP contribution in [0.3, 0.4) is 0 Å². The van der Waals surface area contributed by atoms with E-state index in [1.54, 1.807) is 13.8 Å². The van der Waals surface area contributed by atoms with Gasteiger partial charge in [-0.3, -0.25) is 0 Å². The predicted octanol–water partition coefficient (Wildman–Crippen LogP) is 0.992. The Morgan fingerprint density at radius 3 is 1.65 bits per heavy atom. The van der Waals surface area contributed by atoms with E-state index in [1.165, 1.54) is 0 Å². The molecule has 0 radical (unpaired) electrons. The number of esters is 2. The molecule has 17 heavy (non-hydrogen) atoms. The second kappa shape index (κ2) is 5.63. The number of carbonyl (C=O) groups excluding carboxylic acids is 2. The maximum absolute atomic E-state index is 11.3. The quantitative estimate of drug-likeness (QED) is 0.541. The van der Waals surface area contributed by atoms with Gasteiger partial charge in [-0.1, -0.05) is 13.2 Å². The van der Waals surface area contributed by atoms with Gasteiger partial charge in [0.05, 0.1) is 13.2 Å². The summed E-state index contributed by atoms with van der Waals surface area (Å²) in [6.07, 6.45) is -1.16. The van der Waals surface area contributed by atoms with Gasteiger partial charge in [0.2, 0.25) is 0 Å². The monoisotopic (exact) mass is 240 g/mol. The van der Waals surface area contributed by atoms with Gasteiger partial charge >= 0.3 is 11.9 Å². The summed E-state index contributed by atoms with van der Waals surface area (Å²) < 4.78 is 15.3. The molecule has 1 fully saturated rings. The van der Waals surface area contributed by atoms with E-state index in [1.807, 2.05) is 0 Å². The lowest BCUT2D eigenvalue weighted by molar-refractivity contribution is -0.158. The molecule has 0 amide bonds. The molecule has 0 aliphatic carbocycles. The Morgan fingerprint density at radius 2 is 1.35 bits per heavy atom. The summed E-state index contributed by atoms with van der Waals surface area (Å²) >= 11 is 0. The Kier molecular flexibility index (Phi) is 4.45. The van der Waals surface area contributed by atoms with Crippen LogP contribution in [0, 0.1) is 0 Å². The standard InChI is InChI=1S/C12H16O5/c1-7(2)11(13)16-9-5-15-6-10(9)17-12(14)8(3)4/h9-10H,1,3,5-6H2,2,4H3/t9-,10+. The molecule has 0 aromatic rings. The molecule has 1 aliphatic heterocycles. The van der Waals surface area contributed by atoms with E-state index in [-0.39, 0.29) is 13.2 Å². The van der Waals surface area contributed by atoms with Gasteiger partial charge in [0, 0.05) is 11.1 Å². The largest absolute Gasteiger partial charge is 0.452 e. The summed E-state index contributed by atoms with van der Waals surface area (Å²) in [5, 5.41) is 0. The lowest BCUT2D eigenvalue weighted by Crippen LogP contribution is -2.34. The topological polar surface area (TPSA) is 61.8 Å². The number of rotatable bonds is 4. The highest BCUT2D eigenvalue weighted by atomic mass is 16.6. The Hall–Kier alpha value is -1.62. The summed E-state index contributed by atoms with van der Waals surface area (Å²) in [4.78, 5) is 22.7. The molecule has 0 aromatic heterocycles. The first-order chi connectivity index (χ1) is 7.91. The third-order valence-corrected chi connectivity index (χ3v) is 2.19. The van der Waals surface area contributed by atoms with Crippen LogP contribution in [0.25, 0.3) is 0 Å². The predicted molar refractivity (Wildman–Crippen MR) is 60.2 cm³/mol. The van der Waals surface area contributed by atoms with Gasteiger partial charge in [-0.25, -0.2) is 9.59 Å². The van der Waals surface area contributed by atoms with Crippen molar-refractivity contribution < 1.29 is 23.8 Å². The zero-order chi connectivity index (χ0) is 13.0. The van der Waals surface area contributed by atoms with E-state index in [4.69, 9.17) is 14.2 Å². The molecule has 1 saturated heterocycles. The third kappa shape index (κ3) is 3.71. The van der Waals surface area contributed by atoms with Crippen molar-refractivity contribution in [3.63, 3.8) is 0 Å². The maximum atomic E-state index is 11.3. The van der Waals surface area contributed by atoms with Crippen molar-refractivity contribution in [3.8, 4) is 0 Å². The van der Waals surface area contributed by atoms with Gasteiger partial charge in [0.25, 0.3) is 0 Å². The zero-order valence-corrected chi connectivity index (χ0v) is 10.0. The van der Waals surface area contributed by atoms with Gasteiger partial charge in [-0.05, 0) is 13.8 Å². The van der Waals surface area contributed by atoms with Crippen LogP contribution in [-0.2, 0) is 23.8 Å². The van der Waals surface area contributed by atoms with Crippen molar-refractivity contribution in [2.75, 3.05) is 13.2 Å². The molecule has 1 aliphatic rings. The molecule has 2 atom stereocenters. The van der Waals surface area contributed by atoms with E-state index in [9.17, 15) is 9.59 Å². The zero-order valence-electron chi connectivity index (χ0n) is 10.0. The molecule has 0 spiro atoms. The third-order valence-electron chi connectivity index (χ3n) is 2.19. The van der Waals surface area contributed by atoms with Crippen LogP contribution < -0.4 is 0 Å². The molecule has 0 aromatic carbocycles. The van der Waals surface area contributed by atoms with Crippen molar-refractivity contribution in [1.82, 2.24) is 0 Å². The van der Waals surface area contributed by atoms with Crippen molar-refractivity contribution in [1.29, 1.82) is 0 Å². The summed E-state index contributed by atoms with van der Waals surface area (Å²) in [5.74, 6) is -1.03. The molecule has 0 bridgehead atoms. The Labute approximate surface area is 100 Å². The van der Waals surface area contributed by atoms with Crippen LogP contribution in [0.4, 0.5) is 0 Å². The summed E-state index contributed by atoms with van der Waals surface area (Å²) in [6.45, 7) is 10.5. The van der Waals surface area contributed by atoms with E-state index >= 15 is 0 Å². The van der Waals surface area contributed by atoms with Crippen molar-refractivity contribution >= 4 is 11.9 Å². The number of hydrogen-bond acceptors (Lipinski definition) is 5. The van der Waals surface area contributed by atoms with Gasteiger partial charge in [-0.2, -0.15) is 0 Å². The number of ether oxygens (including phenoxy) is 3. The molecule has 1 rings (SSSR count). The van der Waals surface area contributed by atoms with E-state index in [0.29, 0.717) is 11.1 Å². The highest BCUT2D eigenvalue weighted by Crippen LogP contribution is 2.16. The van der Waals surface area contributed by atoms with Crippen LogP contribution in [0.2, 0.25) is 0 Å². The molecule has 0 N–H and O–H groups in total. The number of carbonyl (C=O) groups is 2. The maximum Gasteiger partial charge on any atom is 0.333 e. The van der Waals surface area contributed by atoms with Crippen LogP contribution >= 0.6 is 0 Å². The minimum atomic E-state index is -0.581. The highest BCUT2D eigenvalue weighted by molar-refractivity contribution is 5.88. The van der Waals surface area contributed by atoms with E-state index in [2.05, 4.69) is 13.2 Å². The Balaban J connectivity index is 2.55. The molecular formula is C12H16O5. The summed E-state index contributed by atoms with van der Waals surface area (Å²) in [7, 11) is 0. The van der Waals surface area contributed by atoms with Crippen LogP contribution in [0.1, 0.15) is 13.8 Å². The van der Waals surface area contributed by atoms with Crippen LogP contribution in [0.5, 0.6) is 0 Å². The lowest BCUT2D eigenvalue weighted by atomic mass is 10.2. The normalized spacial score (nSPS) is 22.9. The minimum absolute atomic E-state index is 0.215. The molecule has 94 valence electrons. The van der Waals surface area contributed by atoms with Crippen LogP contribution in [-0.4, -0.2) is 37.4 Å². The highest BCUT2D eigenvalue weighted by Gasteiger charge is 2.34. The van der Waals surface area contributed by atoms with Crippen molar-refractivity contribution in [2.45, 2.75) is 26.1 Å². The molecule has 0 unspecified atom stereocenters. The Bertz CT molecular complexity index is 324. The van der Waals surface area contributed by atoms with Crippen molar-refractivity contribution in [2.24, 2.45) is 0 Å². The first-order valence-electron chi connectivity index (χ1n) is 5.22. The summed E-state index contributed by atoms with van der Waals surface area (Å²) in [5.41, 5.74) is 0.587. The first kappa shape index (κ1) is 13.4. The van der Waals surface area contributed by atoms with Crippen LogP contribution in [0.15, 0.2) is 24.3 Å². The number of hydrogen-bond donors (Lipinski definition) is 0. The van der Waals surface area contributed by atoms with Gasteiger partial charge in [0.1, 0.15) is 0 Å². The fourth-order valence-electron chi connectivity index (χ4n) is 1.21. The van der Waals surface area contributed by atoms with Gasteiger partial charge in [-0.15, -0.1) is 0 Å². The molecule has 0 saturated carbocycles. The van der Waals surface area contributed by atoms with Gasteiger partial charge in [0.15, 0.2) is 12.2 Å². The SMILES string of the molecule is C=C(C)C(=O)O[C@H]1COC[C@H]1OC(=O)C(=C)C. The lowest BCUT2D eigenvalue weighted by Gasteiger charge is -2.18.